The first-order valence-corrected chi connectivity index (χ1v) is 10.5. The lowest BCUT2D eigenvalue weighted by molar-refractivity contribution is -0.421. The minimum atomic E-state index is -2.53. The lowest BCUT2D eigenvalue weighted by atomic mass is 9.62. The van der Waals surface area contributed by atoms with Crippen molar-refractivity contribution < 1.29 is 23.6 Å². The predicted octanol–water partition coefficient (Wildman–Crippen LogP) is 2.63. The van der Waals surface area contributed by atoms with Gasteiger partial charge in [-0.05, 0) is 34.8 Å². The Morgan fingerprint density at radius 1 is 0.971 bits per heavy atom. The zero-order valence-corrected chi connectivity index (χ0v) is 18.0. The van der Waals surface area contributed by atoms with E-state index in [4.69, 9.17) is 9.31 Å². The number of hydrogen-bond acceptors (Lipinski definition) is 8. The van der Waals surface area contributed by atoms with Crippen LogP contribution in [0.2, 0.25) is 0 Å². The smallest absolute Gasteiger partial charge is 0.599 e. The summed E-state index contributed by atoms with van der Waals surface area (Å²) in [6, 6.07) is 24.0. The molecule has 10 nitrogen and oxygen atoms in total. The van der Waals surface area contributed by atoms with Crippen LogP contribution in [0.15, 0.2) is 95.1 Å². The Labute approximate surface area is 194 Å². The molecular formula is C23H18BN5O5. The topological polar surface area (TPSA) is 118 Å². The number of nitrogens with zero attached hydrogens (tertiary/aromatic N) is 4. The molecule has 3 aromatic carbocycles. The van der Waals surface area contributed by atoms with Crippen molar-refractivity contribution in [2.24, 2.45) is 10.2 Å². The van der Waals surface area contributed by atoms with Gasteiger partial charge in [0.1, 0.15) is 0 Å². The Hall–Kier alpha value is -4.80. The summed E-state index contributed by atoms with van der Waals surface area (Å²) >= 11 is 0. The lowest BCUT2D eigenvalue weighted by Crippen LogP contribution is -2.66. The first-order valence-electron chi connectivity index (χ1n) is 10.5. The Balaban J connectivity index is 1.60. The molecule has 1 atom stereocenters. The Bertz CT molecular complexity index is 1370. The van der Waals surface area contributed by atoms with Gasteiger partial charge >= 0.3 is 12.7 Å². The summed E-state index contributed by atoms with van der Waals surface area (Å²) in [5, 5.41) is 19.9. The average molecular weight is 455 g/mol. The van der Waals surface area contributed by atoms with E-state index in [9.17, 15) is 14.9 Å². The number of hydrazone groups is 2. The van der Waals surface area contributed by atoms with Crippen LogP contribution < -0.4 is 10.9 Å². The van der Waals surface area contributed by atoms with Crippen molar-refractivity contribution >= 4 is 46.8 Å². The minimum Gasteiger partial charge on any atom is -0.599 e. The zero-order chi connectivity index (χ0) is 23.7. The second-order valence-corrected chi connectivity index (χ2v) is 7.68. The number of nitro groups is 1. The molecule has 34 heavy (non-hydrogen) atoms. The molecule has 2 heterocycles. The maximum absolute atomic E-state index is 13.1. The molecule has 3 aromatic rings. The molecule has 0 fully saturated rings. The summed E-state index contributed by atoms with van der Waals surface area (Å²) in [4.78, 5) is 23.6. The number of nitrogens with one attached hydrogen (secondary N) is 1. The molecule has 0 amide bonds. The number of anilines is 1. The van der Waals surface area contributed by atoms with E-state index in [0.717, 1.165) is 0 Å². The fraction of sp³-hybridized carbons (Fsp3) is 0.0435. The molecule has 1 unspecified atom stereocenters. The third kappa shape index (κ3) is 3.58. The van der Waals surface area contributed by atoms with Gasteiger partial charge in [-0.25, -0.2) is 9.39 Å². The summed E-state index contributed by atoms with van der Waals surface area (Å²) in [7, 11) is 0. The van der Waals surface area contributed by atoms with E-state index in [0.29, 0.717) is 22.4 Å². The van der Waals surface area contributed by atoms with E-state index in [1.54, 1.807) is 31.2 Å². The van der Waals surface area contributed by atoms with E-state index >= 15 is 0 Å². The third-order valence-corrected chi connectivity index (χ3v) is 5.55. The third-order valence-electron chi connectivity index (χ3n) is 5.55. The second kappa shape index (κ2) is 8.28. The van der Waals surface area contributed by atoms with Gasteiger partial charge in [0, 0.05) is 24.6 Å². The normalized spacial score (nSPS) is 20.3. The standard InChI is InChI=1S/C23H18BN5O5/c1-16-21(26-25-19-10-6-3-7-11-19)23(30)34-24(18-8-4-2-5-9-18)28(16)27-22(33-24)17-12-14-20(15-13-17)29(31)32/h2-15,25H,1H3/b26-21-. The molecule has 0 bridgehead atoms. The highest BCUT2D eigenvalue weighted by Gasteiger charge is 2.61. The van der Waals surface area contributed by atoms with Crippen molar-refractivity contribution in [3.63, 3.8) is 0 Å². The number of para-hydroxylation sites is 1. The minimum absolute atomic E-state index is 0.0505. The van der Waals surface area contributed by atoms with Gasteiger partial charge in [0.25, 0.3) is 5.69 Å². The Morgan fingerprint density at radius 2 is 1.62 bits per heavy atom. The van der Waals surface area contributed by atoms with Gasteiger partial charge in [-0.3, -0.25) is 15.5 Å². The van der Waals surface area contributed by atoms with Crippen LogP contribution in [0.4, 0.5) is 11.4 Å². The maximum atomic E-state index is 13.1. The quantitative estimate of drug-likeness (QED) is 0.359. The number of carbonyl (C=O) groups is 1. The number of hydrogen-bond donors (Lipinski definition) is 1. The summed E-state index contributed by atoms with van der Waals surface area (Å²) in [5.74, 6) is -0.496. The second-order valence-electron chi connectivity index (χ2n) is 7.68. The van der Waals surface area contributed by atoms with Gasteiger partial charge < -0.3 is 9.31 Å². The van der Waals surface area contributed by atoms with Crippen LogP contribution in [0.25, 0.3) is 0 Å². The molecule has 0 aromatic heterocycles. The summed E-state index contributed by atoms with van der Waals surface area (Å²) in [6.07, 6.45) is 0. The number of benzene rings is 3. The maximum Gasteiger partial charge on any atom is 0.712 e. The van der Waals surface area contributed by atoms with E-state index in [2.05, 4.69) is 15.6 Å². The van der Waals surface area contributed by atoms with Crippen LogP contribution in [0.1, 0.15) is 12.5 Å². The highest BCUT2D eigenvalue weighted by molar-refractivity contribution is 6.83. The molecule has 5 rings (SSSR count). The number of carbonyl (C=O) groups excluding carboxylic acids is 1. The summed E-state index contributed by atoms with van der Waals surface area (Å²) in [6.45, 7) is -0.828. The van der Waals surface area contributed by atoms with Crippen LogP contribution in [0, 0.1) is 10.1 Å². The van der Waals surface area contributed by atoms with Crippen molar-refractivity contribution in [1.29, 1.82) is 0 Å². The number of rotatable bonds is 5. The molecule has 1 N–H and O–H groups in total. The number of non-ortho nitro benzene ring substituents is 1. The van der Waals surface area contributed by atoms with Gasteiger partial charge in [0.2, 0.25) is 11.6 Å². The van der Waals surface area contributed by atoms with Gasteiger partial charge in [-0.15, -0.1) is 0 Å². The van der Waals surface area contributed by atoms with Crippen molar-refractivity contribution in [1.82, 2.24) is 0 Å². The van der Waals surface area contributed by atoms with Gasteiger partial charge in [-0.1, -0.05) is 48.5 Å². The van der Waals surface area contributed by atoms with Gasteiger partial charge in [-0.2, -0.15) is 5.10 Å². The van der Waals surface area contributed by atoms with Crippen molar-refractivity contribution in [2.45, 2.75) is 6.92 Å². The predicted molar refractivity (Wildman–Crippen MR) is 127 cm³/mol. The fourth-order valence-corrected chi connectivity index (χ4v) is 3.84. The molecule has 168 valence electrons. The van der Waals surface area contributed by atoms with Crippen LogP contribution in [0.3, 0.4) is 0 Å². The zero-order valence-electron chi connectivity index (χ0n) is 18.0. The molecule has 0 spiro atoms. The van der Waals surface area contributed by atoms with Gasteiger partial charge in [0.15, 0.2) is 5.71 Å². The van der Waals surface area contributed by atoms with E-state index in [1.165, 1.54) is 28.9 Å². The number of nitro benzene ring substituents is 1. The highest BCUT2D eigenvalue weighted by atomic mass is 16.7. The van der Waals surface area contributed by atoms with Crippen LogP contribution in [-0.4, -0.2) is 39.5 Å². The Morgan fingerprint density at radius 3 is 2.26 bits per heavy atom. The monoisotopic (exact) mass is 455 g/mol. The summed E-state index contributed by atoms with van der Waals surface area (Å²) < 4.78 is 13.6. The largest absolute Gasteiger partial charge is 0.712 e. The SMILES string of the molecule is CC1=[N+]2N=C(c3ccc([N+](=O)[O-])cc3)O[B-]2(c2ccccc2)OC(=O)/C1=N\Nc1ccccc1. The van der Waals surface area contributed by atoms with Gasteiger partial charge in [0.05, 0.1) is 10.6 Å². The summed E-state index contributed by atoms with van der Waals surface area (Å²) in [5.41, 5.74) is 5.09. The molecular weight excluding hydrogens is 437 g/mol. The van der Waals surface area contributed by atoms with Crippen molar-refractivity contribution in [3.05, 3.63) is 101 Å². The first-order chi connectivity index (χ1) is 16.5. The van der Waals surface area contributed by atoms with Crippen LogP contribution >= 0.6 is 0 Å². The van der Waals surface area contributed by atoms with Crippen molar-refractivity contribution in [3.8, 4) is 0 Å². The molecule has 0 saturated heterocycles. The molecule has 11 heteroatoms. The molecule has 2 aliphatic rings. The highest BCUT2D eigenvalue weighted by Crippen LogP contribution is 2.26. The average Bonchev–Trinajstić information content (AvgIpc) is 3.26. The van der Waals surface area contributed by atoms with Crippen molar-refractivity contribution in [2.75, 3.05) is 5.43 Å². The van der Waals surface area contributed by atoms with E-state index < -0.39 is 17.6 Å². The lowest BCUT2D eigenvalue weighted by Gasteiger charge is -2.32. The first kappa shape index (κ1) is 21.1. The molecule has 0 saturated carbocycles. The number of fused-ring (bicyclic) bond motifs is 1. The molecule has 0 radical (unpaired) electrons. The Kier molecular flexibility index (Phi) is 5.13. The van der Waals surface area contributed by atoms with E-state index in [-0.39, 0.29) is 17.3 Å². The van der Waals surface area contributed by atoms with Crippen LogP contribution in [0.5, 0.6) is 0 Å². The van der Waals surface area contributed by atoms with E-state index in [1.807, 2.05) is 36.4 Å². The molecule has 2 aliphatic heterocycles. The fourth-order valence-electron chi connectivity index (χ4n) is 3.84. The molecule has 0 aliphatic carbocycles. The van der Waals surface area contributed by atoms with Crippen LogP contribution in [-0.2, 0) is 14.1 Å².